The lowest BCUT2D eigenvalue weighted by atomic mass is 10.1. The van der Waals surface area contributed by atoms with E-state index in [9.17, 15) is 8.42 Å². The number of halogens is 1. The topological polar surface area (TPSA) is 59.5 Å². The molecule has 1 aromatic heterocycles. The molecule has 2 aromatic carbocycles. The first kappa shape index (κ1) is 22.3. The van der Waals surface area contributed by atoms with Crippen LogP contribution in [-0.4, -0.2) is 38.3 Å². The van der Waals surface area contributed by atoms with E-state index in [2.05, 4.69) is 38.3 Å². The standard InChI is InChI=1S/C23H25BrN2O3S2/c1-2-29-20-8-6-17(7-9-20)14-19-16-30-23(25-19)26-12-10-21(11-13-26)31(27,28)22-5-3-4-18(24)15-22/h3-9,15-16,21H,2,10-14H2,1H3. The molecule has 0 bridgehead atoms. The summed E-state index contributed by atoms with van der Waals surface area (Å²) in [6, 6.07) is 15.1. The molecule has 0 saturated carbocycles. The van der Waals surface area contributed by atoms with Crippen LogP contribution < -0.4 is 9.64 Å². The first-order valence-electron chi connectivity index (χ1n) is 10.4. The zero-order valence-corrected chi connectivity index (χ0v) is 20.5. The maximum Gasteiger partial charge on any atom is 0.185 e. The van der Waals surface area contributed by atoms with Gasteiger partial charge in [-0.1, -0.05) is 34.1 Å². The predicted molar refractivity (Wildman–Crippen MR) is 129 cm³/mol. The number of ether oxygens (including phenoxy) is 1. The van der Waals surface area contributed by atoms with Crippen LogP contribution in [0.1, 0.15) is 31.0 Å². The lowest BCUT2D eigenvalue weighted by Crippen LogP contribution is -2.39. The van der Waals surface area contributed by atoms with E-state index in [0.29, 0.717) is 37.4 Å². The number of thiazole rings is 1. The number of hydrogen-bond acceptors (Lipinski definition) is 6. The predicted octanol–water partition coefficient (Wildman–Crippen LogP) is 5.34. The van der Waals surface area contributed by atoms with Crippen molar-refractivity contribution in [2.75, 3.05) is 24.6 Å². The molecule has 0 spiro atoms. The SMILES string of the molecule is CCOc1ccc(Cc2csc(N3CCC(S(=O)(=O)c4cccc(Br)c4)CC3)n2)cc1. The summed E-state index contributed by atoms with van der Waals surface area (Å²) < 4.78 is 32.3. The van der Waals surface area contributed by atoms with Crippen molar-refractivity contribution in [2.24, 2.45) is 0 Å². The highest BCUT2D eigenvalue weighted by atomic mass is 79.9. The third-order valence-electron chi connectivity index (χ3n) is 5.44. The molecule has 0 N–H and O–H groups in total. The lowest BCUT2D eigenvalue weighted by molar-refractivity contribution is 0.340. The smallest absolute Gasteiger partial charge is 0.185 e. The van der Waals surface area contributed by atoms with Gasteiger partial charge in [-0.05, 0) is 55.7 Å². The summed E-state index contributed by atoms with van der Waals surface area (Å²) in [6.45, 7) is 4.04. The molecule has 164 valence electrons. The first-order chi connectivity index (χ1) is 15.0. The average Bonchev–Trinajstić information content (AvgIpc) is 3.24. The van der Waals surface area contributed by atoms with E-state index < -0.39 is 9.84 Å². The summed E-state index contributed by atoms with van der Waals surface area (Å²) in [4.78, 5) is 7.41. The van der Waals surface area contributed by atoms with Crippen molar-refractivity contribution in [1.82, 2.24) is 4.98 Å². The summed E-state index contributed by atoms with van der Waals surface area (Å²) in [6.07, 6.45) is 2.00. The minimum atomic E-state index is -3.32. The third-order valence-corrected chi connectivity index (χ3v) is 9.14. The van der Waals surface area contributed by atoms with E-state index in [1.54, 1.807) is 29.5 Å². The molecular formula is C23H25BrN2O3S2. The van der Waals surface area contributed by atoms with Gasteiger partial charge in [0.15, 0.2) is 15.0 Å². The second-order valence-corrected chi connectivity index (χ2v) is 11.5. The maximum absolute atomic E-state index is 13.0. The van der Waals surface area contributed by atoms with Gasteiger partial charge in [0.25, 0.3) is 0 Å². The number of anilines is 1. The van der Waals surface area contributed by atoms with E-state index in [1.165, 1.54) is 5.56 Å². The summed E-state index contributed by atoms with van der Waals surface area (Å²) >= 11 is 5.00. The van der Waals surface area contributed by atoms with Crippen LogP contribution in [0.15, 0.2) is 63.3 Å². The highest BCUT2D eigenvalue weighted by Crippen LogP contribution is 2.30. The Balaban J connectivity index is 1.37. The molecular weight excluding hydrogens is 496 g/mol. The van der Waals surface area contributed by atoms with Crippen LogP contribution in [0.25, 0.3) is 0 Å². The Kier molecular flexibility index (Phi) is 6.99. The van der Waals surface area contributed by atoms with Gasteiger partial charge >= 0.3 is 0 Å². The summed E-state index contributed by atoms with van der Waals surface area (Å²) in [5, 5.41) is 2.72. The van der Waals surface area contributed by atoms with E-state index >= 15 is 0 Å². The molecule has 1 aliphatic heterocycles. The lowest BCUT2D eigenvalue weighted by Gasteiger charge is -2.31. The molecule has 0 atom stereocenters. The number of nitrogens with zero attached hydrogens (tertiary/aromatic N) is 2. The van der Waals surface area contributed by atoms with Crippen molar-refractivity contribution < 1.29 is 13.2 Å². The fourth-order valence-electron chi connectivity index (χ4n) is 3.80. The molecule has 2 heterocycles. The Morgan fingerprint density at radius 3 is 2.58 bits per heavy atom. The van der Waals surface area contributed by atoms with Crippen LogP contribution in [-0.2, 0) is 16.3 Å². The molecule has 0 amide bonds. The Labute approximate surface area is 196 Å². The average molecular weight is 522 g/mol. The van der Waals surface area contributed by atoms with Gasteiger partial charge in [-0.25, -0.2) is 13.4 Å². The van der Waals surface area contributed by atoms with Crippen LogP contribution in [0.4, 0.5) is 5.13 Å². The van der Waals surface area contributed by atoms with Gasteiger partial charge in [0, 0.05) is 29.4 Å². The van der Waals surface area contributed by atoms with Gasteiger partial charge in [0.1, 0.15) is 5.75 Å². The molecule has 0 unspecified atom stereocenters. The van der Waals surface area contributed by atoms with Gasteiger partial charge in [-0.15, -0.1) is 11.3 Å². The first-order valence-corrected chi connectivity index (χ1v) is 13.6. The molecule has 1 fully saturated rings. The van der Waals surface area contributed by atoms with Gasteiger partial charge in [0.2, 0.25) is 0 Å². The van der Waals surface area contributed by atoms with Gasteiger partial charge < -0.3 is 9.64 Å². The molecule has 1 saturated heterocycles. The summed E-state index contributed by atoms with van der Waals surface area (Å²) in [5.41, 5.74) is 2.23. The van der Waals surface area contributed by atoms with Gasteiger partial charge in [-0.3, -0.25) is 0 Å². The number of piperidine rings is 1. The van der Waals surface area contributed by atoms with Crippen LogP contribution in [0.3, 0.4) is 0 Å². The van der Waals surface area contributed by atoms with Gasteiger partial charge in [-0.2, -0.15) is 0 Å². The summed E-state index contributed by atoms with van der Waals surface area (Å²) in [7, 11) is -3.32. The molecule has 31 heavy (non-hydrogen) atoms. The Morgan fingerprint density at radius 1 is 1.16 bits per heavy atom. The van der Waals surface area contributed by atoms with Crippen molar-refractivity contribution in [3.63, 3.8) is 0 Å². The van der Waals surface area contributed by atoms with Crippen LogP contribution in [0.5, 0.6) is 5.75 Å². The van der Waals surface area contributed by atoms with E-state index in [0.717, 1.165) is 27.5 Å². The zero-order chi connectivity index (χ0) is 21.8. The Hall–Kier alpha value is -1.90. The molecule has 0 radical (unpaired) electrons. The van der Waals surface area contributed by atoms with E-state index in [4.69, 9.17) is 9.72 Å². The normalized spacial score (nSPS) is 15.2. The van der Waals surface area contributed by atoms with Crippen LogP contribution >= 0.6 is 27.3 Å². The van der Waals surface area contributed by atoms with Crippen LogP contribution in [0, 0.1) is 0 Å². The highest BCUT2D eigenvalue weighted by molar-refractivity contribution is 9.10. The molecule has 5 nitrogen and oxygen atoms in total. The minimum Gasteiger partial charge on any atom is -0.494 e. The minimum absolute atomic E-state index is 0.346. The fourth-order valence-corrected chi connectivity index (χ4v) is 7.00. The largest absolute Gasteiger partial charge is 0.494 e. The van der Waals surface area contributed by atoms with E-state index in [1.807, 2.05) is 25.1 Å². The molecule has 0 aliphatic carbocycles. The Morgan fingerprint density at radius 2 is 1.90 bits per heavy atom. The molecule has 4 rings (SSSR count). The second-order valence-electron chi connectivity index (χ2n) is 7.56. The molecule has 1 aliphatic rings. The highest BCUT2D eigenvalue weighted by Gasteiger charge is 2.32. The second kappa shape index (κ2) is 9.71. The molecule has 8 heteroatoms. The zero-order valence-electron chi connectivity index (χ0n) is 17.3. The van der Waals surface area contributed by atoms with Crippen molar-refractivity contribution in [1.29, 1.82) is 0 Å². The number of benzene rings is 2. The molecule has 3 aromatic rings. The Bertz CT molecular complexity index is 1120. The van der Waals surface area contributed by atoms with Crippen molar-refractivity contribution in [3.8, 4) is 5.75 Å². The van der Waals surface area contributed by atoms with Crippen molar-refractivity contribution in [2.45, 2.75) is 36.3 Å². The van der Waals surface area contributed by atoms with Crippen molar-refractivity contribution in [3.05, 3.63) is 69.6 Å². The number of sulfone groups is 1. The van der Waals surface area contributed by atoms with Crippen molar-refractivity contribution >= 4 is 42.2 Å². The van der Waals surface area contributed by atoms with E-state index in [-0.39, 0.29) is 5.25 Å². The third kappa shape index (κ3) is 5.30. The summed E-state index contributed by atoms with van der Waals surface area (Å²) in [5.74, 6) is 0.880. The number of hydrogen-bond donors (Lipinski definition) is 0. The van der Waals surface area contributed by atoms with Crippen LogP contribution in [0.2, 0.25) is 0 Å². The maximum atomic E-state index is 13.0. The quantitative estimate of drug-likeness (QED) is 0.420. The number of aromatic nitrogens is 1. The monoisotopic (exact) mass is 520 g/mol. The fraction of sp³-hybridized carbons (Fsp3) is 0.348. The number of rotatable bonds is 7. The van der Waals surface area contributed by atoms with Gasteiger partial charge in [0.05, 0.1) is 22.4 Å².